The van der Waals surface area contributed by atoms with Crippen molar-refractivity contribution in [3.8, 4) is 0 Å². The molecule has 1 fully saturated rings. The van der Waals surface area contributed by atoms with Gasteiger partial charge in [0.15, 0.2) is 0 Å². The Morgan fingerprint density at radius 2 is 1.89 bits per heavy atom. The molecular weight excluding hydrogens is 302 g/mol. The zero-order valence-electron chi connectivity index (χ0n) is 11.7. The van der Waals surface area contributed by atoms with Crippen LogP contribution in [0.5, 0.6) is 0 Å². The normalized spacial score (nSPS) is 16.6. The molecular formula is C16H22BrNO. The van der Waals surface area contributed by atoms with Crippen LogP contribution in [0.1, 0.15) is 67.8 Å². The minimum Gasteiger partial charge on any atom is -0.349 e. The number of benzene rings is 1. The number of amides is 1. The highest BCUT2D eigenvalue weighted by molar-refractivity contribution is 9.10. The fourth-order valence-electron chi connectivity index (χ4n) is 2.59. The third-order valence-corrected chi connectivity index (χ3v) is 4.25. The lowest BCUT2D eigenvalue weighted by atomic mass is 9.95. The van der Waals surface area contributed by atoms with E-state index in [2.05, 4.69) is 41.2 Å². The highest BCUT2D eigenvalue weighted by Crippen LogP contribution is 2.23. The van der Waals surface area contributed by atoms with Gasteiger partial charge < -0.3 is 5.32 Å². The number of carbonyl (C=O) groups excluding carboxylic acids is 1. The lowest BCUT2D eigenvalue weighted by molar-refractivity contribution is 0.0927. The number of hydrogen-bond donors (Lipinski definition) is 1. The van der Waals surface area contributed by atoms with Gasteiger partial charge in [0.25, 0.3) is 5.91 Å². The minimum atomic E-state index is 0.0649. The van der Waals surface area contributed by atoms with Gasteiger partial charge >= 0.3 is 0 Å². The third-order valence-electron chi connectivity index (χ3n) is 3.79. The van der Waals surface area contributed by atoms with E-state index in [1.165, 1.54) is 24.8 Å². The van der Waals surface area contributed by atoms with Crippen molar-refractivity contribution in [3.63, 3.8) is 0 Å². The quantitative estimate of drug-likeness (QED) is 0.862. The second kappa shape index (κ2) is 6.56. The molecule has 0 bridgehead atoms. The van der Waals surface area contributed by atoms with Gasteiger partial charge in [-0.05, 0) is 42.5 Å². The van der Waals surface area contributed by atoms with E-state index in [1.807, 2.05) is 12.1 Å². The van der Waals surface area contributed by atoms with Crippen LogP contribution in [-0.2, 0) is 0 Å². The van der Waals surface area contributed by atoms with Crippen molar-refractivity contribution >= 4 is 21.8 Å². The first-order valence-corrected chi connectivity index (χ1v) is 7.97. The Hall–Kier alpha value is -0.830. The maximum absolute atomic E-state index is 12.3. The average Bonchev–Trinajstić information content (AvgIpc) is 2.39. The summed E-state index contributed by atoms with van der Waals surface area (Å²) >= 11 is 3.49. The van der Waals surface area contributed by atoms with Crippen LogP contribution >= 0.6 is 15.9 Å². The van der Waals surface area contributed by atoms with Gasteiger partial charge in [-0.3, -0.25) is 4.79 Å². The molecule has 0 unspecified atom stereocenters. The molecule has 0 atom stereocenters. The lowest BCUT2D eigenvalue weighted by Crippen LogP contribution is -2.36. The molecule has 1 saturated carbocycles. The van der Waals surface area contributed by atoms with E-state index in [0.29, 0.717) is 12.0 Å². The molecule has 0 saturated heterocycles. The van der Waals surface area contributed by atoms with E-state index in [4.69, 9.17) is 0 Å². The van der Waals surface area contributed by atoms with Crippen LogP contribution in [-0.4, -0.2) is 11.9 Å². The van der Waals surface area contributed by atoms with E-state index in [9.17, 15) is 4.79 Å². The molecule has 2 nitrogen and oxygen atoms in total. The molecule has 2 rings (SSSR count). The fraction of sp³-hybridized carbons (Fsp3) is 0.562. The molecule has 0 radical (unpaired) electrons. The summed E-state index contributed by atoms with van der Waals surface area (Å²) in [7, 11) is 0. The summed E-state index contributed by atoms with van der Waals surface area (Å²) in [6, 6.07) is 6.36. The topological polar surface area (TPSA) is 29.1 Å². The predicted octanol–water partition coefficient (Wildman–Crippen LogP) is 4.64. The molecule has 1 amide bonds. The smallest absolute Gasteiger partial charge is 0.251 e. The zero-order valence-corrected chi connectivity index (χ0v) is 13.3. The maximum Gasteiger partial charge on any atom is 0.251 e. The molecule has 0 spiro atoms. The molecule has 0 aliphatic heterocycles. The van der Waals surface area contributed by atoms with Crippen molar-refractivity contribution in [3.05, 3.63) is 33.8 Å². The second-order valence-electron chi connectivity index (χ2n) is 5.74. The number of nitrogens with one attached hydrogen (secondary N) is 1. The monoisotopic (exact) mass is 323 g/mol. The number of rotatable bonds is 3. The Labute approximate surface area is 124 Å². The Kier molecular flexibility index (Phi) is 5.03. The summed E-state index contributed by atoms with van der Waals surface area (Å²) in [4.78, 5) is 12.3. The van der Waals surface area contributed by atoms with Crippen LogP contribution in [0.15, 0.2) is 22.7 Å². The molecule has 1 aromatic rings. The Morgan fingerprint density at radius 1 is 1.21 bits per heavy atom. The molecule has 1 aliphatic carbocycles. The fourth-order valence-corrected chi connectivity index (χ4v) is 3.10. The van der Waals surface area contributed by atoms with E-state index >= 15 is 0 Å². The van der Waals surface area contributed by atoms with Crippen molar-refractivity contribution in [2.24, 2.45) is 0 Å². The van der Waals surface area contributed by atoms with Gasteiger partial charge in [-0.1, -0.05) is 49.0 Å². The first-order chi connectivity index (χ1) is 9.06. The number of hydrogen-bond acceptors (Lipinski definition) is 1. The molecule has 3 heteroatoms. The molecule has 1 N–H and O–H groups in total. The van der Waals surface area contributed by atoms with E-state index < -0.39 is 0 Å². The summed E-state index contributed by atoms with van der Waals surface area (Å²) in [6.45, 7) is 4.29. The largest absolute Gasteiger partial charge is 0.349 e. The first kappa shape index (κ1) is 14.6. The Bertz CT molecular complexity index is 450. The van der Waals surface area contributed by atoms with E-state index in [-0.39, 0.29) is 5.91 Å². The summed E-state index contributed by atoms with van der Waals surface area (Å²) in [5.74, 6) is 0.494. The van der Waals surface area contributed by atoms with Gasteiger partial charge in [0.2, 0.25) is 0 Å². The highest BCUT2D eigenvalue weighted by atomic mass is 79.9. The van der Waals surface area contributed by atoms with Crippen molar-refractivity contribution in [2.45, 2.75) is 57.9 Å². The van der Waals surface area contributed by atoms with Crippen molar-refractivity contribution < 1.29 is 4.79 Å². The van der Waals surface area contributed by atoms with Crippen LogP contribution in [0.2, 0.25) is 0 Å². The van der Waals surface area contributed by atoms with Gasteiger partial charge in [-0.25, -0.2) is 0 Å². The zero-order chi connectivity index (χ0) is 13.8. The summed E-state index contributed by atoms with van der Waals surface area (Å²) in [6.07, 6.45) is 6.02. The van der Waals surface area contributed by atoms with Gasteiger partial charge in [-0.2, -0.15) is 0 Å². The van der Waals surface area contributed by atoms with Crippen molar-refractivity contribution in [1.82, 2.24) is 5.32 Å². The number of carbonyl (C=O) groups is 1. The van der Waals surface area contributed by atoms with Gasteiger partial charge in [0, 0.05) is 16.1 Å². The van der Waals surface area contributed by atoms with Gasteiger partial charge in [0.05, 0.1) is 0 Å². The van der Waals surface area contributed by atoms with Crippen LogP contribution in [0, 0.1) is 0 Å². The van der Waals surface area contributed by atoms with Crippen molar-refractivity contribution in [2.75, 3.05) is 0 Å². The summed E-state index contributed by atoms with van der Waals surface area (Å²) in [5.41, 5.74) is 1.96. The molecule has 1 aliphatic rings. The molecule has 0 heterocycles. The van der Waals surface area contributed by atoms with Gasteiger partial charge in [-0.15, -0.1) is 0 Å². The maximum atomic E-state index is 12.3. The van der Waals surface area contributed by atoms with Crippen LogP contribution in [0.3, 0.4) is 0 Å². The lowest BCUT2D eigenvalue weighted by Gasteiger charge is -2.23. The molecule has 1 aromatic carbocycles. The summed E-state index contributed by atoms with van der Waals surface area (Å²) in [5, 5.41) is 3.17. The Balaban J connectivity index is 2.09. The summed E-state index contributed by atoms with van der Waals surface area (Å²) < 4.78 is 0.979. The molecule has 19 heavy (non-hydrogen) atoms. The number of halogens is 1. The van der Waals surface area contributed by atoms with Crippen LogP contribution < -0.4 is 5.32 Å². The average molecular weight is 324 g/mol. The van der Waals surface area contributed by atoms with Crippen LogP contribution in [0.4, 0.5) is 0 Å². The predicted molar refractivity (Wildman–Crippen MR) is 82.6 cm³/mol. The SMILES string of the molecule is CC(C)c1cc(Br)cc(C(=O)NC2CCCCC2)c1. The highest BCUT2D eigenvalue weighted by Gasteiger charge is 2.17. The minimum absolute atomic E-state index is 0.0649. The second-order valence-corrected chi connectivity index (χ2v) is 6.65. The first-order valence-electron chi connectivity index (χ1n) is 7.17. The third kappa shape index (κ3) is 4.07. The van der Waals surface area contributed by atoms with E-state index in [1.54, 1.807) is 0 Å². The van der Waals surface area contributed by atoms with E-state index in [0.717, 1.165) is 22.9 Å². The molecule has 104 valence electrons. The van der Waals surface area contributed by atoms with Gasteiger partial charge in [0.1, 0.15) is 0 Å². The standard InChI is InChI=1S/C16H22BrNO/c1-11(2)12-8-13(10-14(17)9-12)16(19)18-15-6-4-3-5-7-15/h8-11,15H,3-7H2,1-2H3,(H,18,19). The van der Waals surface area contributed by atoms with Crippen molar-refractivity contribution in [1.29, 1.82) is 0 Å². The Morgan fingerprint density at radius 3 is 2.53 bits per heavy atom. The molecule has 0 aromatic heterocycles. The van der Waals surface area contributed by atoms with Crippen LogP contribution in [0.25, 0.3) is 0 Å².